The van der Waals surface area contributed by atoms with Gasteiger partial charge >= 0.3 is 6.09 Å². The largest absolute Gasteiger partial charge is 0.493 e. The van der Waals surface area contributed by atoms with E-state index in [4.69, 9.17) is 18.9 Å². The molecular formula is C34H51N3O8S. The smallest absolute Gasteiger partial charge is 0.410 e. The van der Waals surface area contributed by atoms with Crippen LogP contribution < -0.4 is 9.47 Å². The number of benzene rings is 2. The third-order valence-electron chi connectivity index (χ3n) is 7.86. The Hall–Kier alpha value is -3.35. The van der Waals surface area contributed by atoms with Gasteiger partial charge in [0.1, 0.15) is 5.60 Å². The van der Waals surface area contributed by atoms with E-state index in [1.165, 1.54) is 4.31 Å². The van der Waals surface area contributed by atoms with Crippen LogP contribution >= 0.6 is 0 Å². The number of likely N-dealkylation sites (tertiary alicyclic amines) is 1. The minimum Gasteiger partial charge on any atom is -0.493 e. The molecule has 256 valence electrons. The molecule has 0 saturated carbocycles. The van der Waals surface area contributed by atoms with Crippen LogP contribution in [0.15, 0.2) is 48.5 Å². The molecule has 11 nitrogen and oxygen atoms in total. The normalized spacial score (nSPS) is 17.0. The molecule has 2 atom stereocenters. The fourth-order valence-electron chi connectivity index (χ4n) is 5.42. The Bertz CT molecular complexity index is 1390. The highest BCUT2D eigenvalue weighted by Gasteiger charge is 2.40. The molecule has 0 spiro atoms. The van der Waals surface area contributed by atoms with Crippen molar-refractivity contribution in [2.24, 2.45) is 11.8 Å². The molecular weight excluding hydrogens is 610 g/mol. The van der Waals surface area contributed by atoms with E-state index in [0.717, 1.165) is 0 Å². The maximum atomic E-state index is 14.0. The number of carbonyl (C=O) groups is 2. The van der Waals surface area contributed by atoms with Crippen molar-refractivity contribution in [1.82, 2.24) is 14.1 Å². The number of sulfonamides is 1. The zero-order valence-electron chi connectivity index (χ0n) is 28.5. The van der Waals surface area contributed by atoms with Crippen LogP contribution in [-0.4, -0.2) is 107 Å². The minimum atomic E-state index is -3.63. The van der Waals surface area contributed by atoms with Crippen molar-refractivity contribution in [2.45, 2.75) is 58.4 Å². The van der Waals surface area contributed by atoms with Crippen molar-refractivity contribution in [1.29, 1.82) is 0 Å². The van der Waals surface area contributed by atoms with Crippen molar-refractivity contribution in [3.8, 4) is 11.5 Å². The zero-order valence-corrected chi connectivity index (χ0v) is 29.3. The molecule has 1 heterocycles. The molecule has 12 heteroatoms. The summed E-state index contributed by atoms with van der Waals surface area (Å²) in [6.07, 6.45) is 0.227. The van der Waals surface area contributed by atoms with Gasteiger partial charge in [-0.1, -0.05) is 30.3 Å². The highest BCUT2D eigenvalue weighted by atomic mass is 32.2. The number of ether oxygens (including phenoxy) is 4. The van der Waals surface area contributed by atoms with Crippen molar-refractivity contribution < 1.29 is 37.0 Å². The van der Waals surface area contributed by atoms with E-state index < -0.39 is 21.7 Å². The highest BCUT2D eigenvalue weighted by molar-refractivity contribution is 7.88. The Morgan fingerprint density at radius 1 is 0.957 bits per heavy atom. The van der Waals surface area contributed by atoms with Gasteiger partial charge in [-0.15, -0.1) is 0 Å². The van der Waals surface area contributed by atoms with Crippen molar-refractivity contribution >= 4 is 22.0 Å². The predicted molar refractivity (Wildman–Crippen MR) is 178 cm³/mol. The van der Waals surface area contributed by atoms with Gasteiger partial charge in [-0.3, -0.25) is 4.79 Å². The van der Waals surface area contributed by atoms with E-state index in [1.54, 1.807) is 61.4 Å². The summed E-state index contributed by atoms with van der Waals surface area (Å²) in [5.74, 6) is 0.242. The lowest BCUT2D eigenvalue weighted by Gasteiger charge is -2.32. The number of hydrogen-bond donors (Lipinski definition) is 0. The maximum absolute atomic E-state index is 14.0. The van der Waals surface area contributed by atoms with Crippen LogP contribution in [-0.2, 0) is 25.2 Å². The second-order valence-corrected chi connectivity index (χ2v) is 15.1. The van der Waals surface area contributed by atoms with E-state index in [-0.39, 0.29) is 36.1 Å². The fourth-order valence-corrected chi connectivity index (χ4v) is 6.67. The molecule has 2 unspecified atom stereocenters. The molecule has 0 aromatic heterocycles. The van der Waals surface area contributed by atoms with Gasteiger partial charge in [0, 0.05) is 70.9 Å². The average molecular weight is 662 g/mol. The van der Waals surface area contributed by atoms with Crippen LogP contribution in [0.4, 0.5) is 4.79 Å². The van der Waals surface area contributed by atoms with Crippen LogP contribution in [0.25, 0.3) is 0 Å². The summed E-state index contributed by atoms with van der Waals surface area (Å²) >= 11 is 0. The fraction of sp³-hybridized carbons (Fsp3) is 0.588. The molecule has 1 aliphatic rings. The minimum absolute atomic E-state index is 0.124. The molecule has 2 aromatic carbocycles. The van der Waals surface area contributed by atoms with Gasteiger partial charge in [-0.2, -0.15) is 0 Å². The van der Waals surface area contributed by atoms with E-state index in [9.17, 15) is 18.0 Å². The van der Waals surface area contributed by atoms with E-state index >= 15 is 0 Å². The molecule has 0 N–H and O–H groups in total. The van der Waals surface area contributed by atoms with Crippen molar-refractivity contribution in [3.05, 3.63) is 59.7 Å². The lowest BCUT2D eigenvalue weighted by molar-refractivity contribution is 0.0281. The Kier molecular flexibility index (Phi) is 13.3. The van der Waals surface area contributed by atoms with Crippen LogP contribution in [0.3, 0.4) is 0 Å². The van der Waals surface area contributed by atoms with Crippen molar-refractivity contribution in [2.75, 3.05) is 60.7 Å². The average Bonchev–Trinajstić information content (AvgIpc) is 3.39. The van der Waals surface area contributed by atoms with E-state index in [0.29, 0.717) is 61.9 Å². The van der Waals surface area contributed by atoms with Crippen LogP contribution in [0.5, 0.6) is 11.5 Å². The first-order chi connectivity index (χ1) is 21.6. The van der Waals surface area contributed by atoms with Crippen molar-refractivity contribution in [3.63, 3.8) is 0 Å². The third kappa shape index (κ3) is 10.6. The second-order valence-electron chi connectivity index (χ2n) is 13.0. The zero-order chi connectivity index (χ0) is 34.1. The molecule has 3 rings (SSSR count). The van der Waals surface area contributed by atoms with Gasteiger partial charge in [-0.25, -0.2) is 17.5 Å². The Morgan fingerprint density at radius 2 is 1.61 bits per heavy atom. The lowest BCUT2D eigenvalue weighted by atomic mass is 9.94. The van der Waals surface area contributed by atoms with Gasteiger partial charge in [0.25, 0.3) is 5.91 Å². The number of nitrogens with zero attached hydrogens (tertiary/aromatic N) is 3. The molecule has 1 saturated heterocycles. The Balaban J connectivity index is 1.85. The first kappa shape index (κ1) is 37.1. The van der Waals surface area contributed by atoms with Gasteiger partial charge in [0.05, 0.1) is 19.5 Å². The van der Waals surface area contributed by atoms with E-state index in [2.05, 4.69) is 0 Å². The Labute approximate surface area is 274 Å². The molecule has 0 aliphatic carbocycles. The Morgan fingerprint density at radius 3 is 2.20 bits per heavy atom. The number of carbonyl (C=O) groups excluding carboxylic acids is 2. The predicted octanol–water partition coefficient (Wildman–Crippen LogP) is 4.91. The lowest BCUT2D eigenvalue weighted by Crippen LogP contribution is -2.44. The highest BCUT2D eigenvalue weighted by Crippen LogP contribution is 2.31. The molecule has 2 amide bonds. The molecule has 2 aromatic rings. The summed E-state index contributed by atoms with van der Waals surface area (Å²) in [6, 6.07) is 14.0. The first-order valence-corrected chi connectivity index (χ1v) is 17.3. The monoisotopic (exact) mass is 661 g/mol. The molecule has 46 heavy (non-hydrogen) atoms. The van der Waals surface area contributed by atoms with E-state index in [1.807, 2.05) is 52.8 Å². The third-order valence-corrected chi connectivity index (χ3v) is 9.66. The second kappa shape index (κ2) is 16.5. The van der Waals surface area contributed by atoms with Crippen LogP contribution in [0.1, 0.15) is 57.0 Å². The summed E-state index contributed by atoms with van der Waals surface area (Å²) in [7, 11) is 1.12. The first-order valence-electron chi connectivity index (χ1n) is 15.7. The SMILES string of the molecule is COCCCOc1cc(C(=O)N(CC2CN(C(=O)OC(C)(C)C)CC2CN(C)S(=O)(=O)Cc2ccccc2)C(C)C)ccc1OC. The molecule has 0 bridgehead atoms. The summed E-state index contributed by atoms with van der Waals surface area (Å²) in [6.45, 7) is 11.4. The summed E-state index contributed by atoms with van der Waals surface area (Å²) in [5, 5.41) is 0. The van der Waals surface area contributed by atoms with Gasteiger partial charge in [0.2, 0.25) is 10.0 Å². The maximum Gasteiger partial charge on any atom is 0.410 e. The topological polar surface area (TPSA) is 115 Å². The van der Waals surface area contributed by atoms with Gasteiger partial charge in [-0.05, 0) is 64.3 Å². The number of methoxy groups -OCH3 is 2. The number of amides is 2. The summed E-state index contributed by atoms with van der Waals surface area (Å²) < 4.78 is 50.2. The number of rotatable bonds is 15. The van der Waals surface area contributed by atoms with Gasteiger partial charge in [0.15, 0.2) is 11.5 Å². The van der Waals surface area contributed by atoms with Crippen LogP contribution in [0, 0.1) is 11.8 Å². The number of hydrogen-bond acceptors (Lipinski definition) is 8. The molecule has 1 fully saturated rings. The summed E-state index contributed by atoms with van der Waals surface area (Å²) in [4.78, 5) is 30.5. The molecule has 0 radical (unpaired) electrons. The van der Waals surface area contributed by atoms with Crippen LogP contribution in [0.2, 0.25) is 0 Å². The quantitative estimate of drug-likeness (QED) is 0.248. The van der Waals surface area contributed by atoms with Gasteiger partial charge < -0.3 is 28.7 Å². The standard InChI is InChI=1S/C34H51N3O8S/c1-25(2)37(32(38)27-15-16-30(43-8)31(19-27)44-18-12-17-42-7)23-29-22-36(33(39)45-34(3,4)5)21-28(29)20-35(6)46(40,41)24-26-13-10-9-11-14-26/h9-11,13-16,19,25,28-29H,12,17-18,20-24H2,1-8H3. The molecule has 1 aliphatic heterocycles. The summed E-state index contributed by atoms with van der Waals surface area (Å²) in [5.41, 5.74) is 0.459.